The molecule has 1 aromatic carbocycles. The Labute approximate surface area is 148 Å². The lowest BCUT2D eigenvalue weighted by Gasteiger charge is -2.17. The van der Waals surface area contributed by atoms with E-state index in [9.17, 15) is 0 Å². The fourth-order valence-electron chi connectivity index (χ4n) is 2.32. The molecule has 2 atom stereocenters. The molecule has 0 fully saturated rings. The smallest absolute Gasteiger partial charge is 0.248 e. The zero-order valence-electron chi connectivity index (χ0n) is 15.3. The number of nitrogens with zero attached hydrogens (tertiary/aromatic N) is 3. The molecule has 0 amide bonds. The Balaban J connectivity index is 1.99. The summed E-state index contributed by atoms with van der Waals surface area (Å²) in [4.78, 5) is 8.86. The van der Waals surface area contributed by atoms with Crippen molar-refractivity contribution in [3.05, 3.63) is 47.6 Å². The molecule has 2 aromatic rings. The second-order valence-corrected chi connectivity index (χ2v) is 5.62. The van der Waals surface area contributed by atoms with Gasteiger partial charge in [-0.1, -0.05) is 35.5 Å². The molecule has 1 aromatic heterocycles. The largest absolute Gasteiger partial charge is 0.371 e. The van der Waals surface area contributed by atoms with Gasteiger partial charge in [0.15, 0.2) is 11.8 Å². The minimum atomic E-state index is -0.184. The monoisotopic (exact) mass is 345 g/mol. The molecule has 25 heavy (non-hydrogen) atoms. The van der Waals surface area contributed by atoms with E-state index in [1.54, 1.807) is 0 Å². The Kier molecular flexibility index (Phi) is 7.40. The van der Waals surface area contributed by atoms with Gasteiger partial charge in [-0.05, 0) is 33.3 Å². The molecule has 7 heteroatoms. The van der Waals surface area contributed by atoms with Crippen LogP contribution >= 0.6 is 0 Å². The maximum Gasteiger partial charge on any atom is 0.248 e. The lowest BCUT2D eigenvalue weighted by molar-refractivity contribution is 0.0683. The van der Waals surface area contributed by atoms with Crippen molar-refractivity contribution < 1.29 is 9.26 Å². The Bertz CT molecular complexity index is 656. The van der Waals surface area contributed by atoms with Crippen molar-refractivity contribution in [1.82, 2.24) is 20.8 Å². The molecular weight excluding hydrogens is 318 g/mol. The highest BCUT2D eigenvalue weighted by atomic mass is 16.5. The summed E-state index contributed by atoms with van der Waals surface area (Å²) in [5.74, 6) is 1.71. The SMILES string of the molecule is CCNC(=NCc1nc(C(C)OCC)no1)NC(C)c1ccccc1. The standard InChI is InChI=1S/C18H27N5O2/c1-5-19-18(21-13(3)15-10-8-7-9-11-15)20-12-16-22-17(23-25-16)14(4)24-6-2/h7-11,13-14H,5-6,12H2,1-4H3,(H2,19,20,21). The summed E-state index contributed by atoms with van der Waals surface area (Å²) in [6, 6.07) is 10.4. The van der Waals surface area contributed by atoms with Crippen LogP contribution in [0.5, 0.6) is 0 Å². The van der Waals surface area contributed by atoms with Crippen LogP contribution in [-0.4, -0.2) is 29.3 Å². The second kappa shape index (κ2) is 9.78. The summed E-state index contributed by atoms with van der Waals surface area (Å²) in [6.45, 7) is 9.63. The molecular formula is C18H27N5O2. The molecule has 0 radical (unpaired) electrons. The van der Waals surface area contributed by atoms with Gasteiger partial charge in [0.2, 0.25) is 5.89 Å². The molecule has 0 aliphatic rings. The average Bonchev–Trinajstić information content (AvgIpc) is 3.10. The molecule has 0 saturated carbocycles. The van der Waals surface area contributed by atoms with Crippen LogP contribution in [0.25, 0.3) is 0 Å². The molecule has 2 N–H and O–H groups in total. The van der Waals surface area contributed by atoms with E-state index in [0.29, 0.717) is 30.8 Å². The maximum atomic E-state index is 5.46. The highest BCUT2D eigenvalue weighted by Gasteiger charge is 2.14. The summed E-state index contributed by atoms with van der Waals surface area (Å²) in [7, 11) is 0. The molecule has 0 aliphatic carbocycles. The maximum absolute atomic E-state index is 5.46. The van der Waals surface area contributed by atoms with Crippen LogP contribution in [0.2, 0.25) is 0 Å². The molecule has 0 bridgehead atoms. The van der Waals surface area contributed by atoms with E-state index in [-0.39, 0.29) is 12.1 Å². The predicted octanol–water partition coefficient (Wildman–Crippen LogP) is 2.98. The van der Waals surface area contributed by atoms with Gasteiger partial charge in [-0.2, -0.15) is 4.98 Å². The number of aliphatic imine (C=N–C) groups is 1. The molecule has 0 spiro atoms. The predicted molar refractivity (Wildman–Crippen MR) is 97.1 cm³/mol. The fourth-order valence-corrected chi connectivity index (χ4v) is 2.32. The van der Waals surface area contributed by atoms with E-state index in [1.807, 2.05) is 39.0 Å². The van der Waals surface area contributed by atoms with Gasteiger partial charge in [0.25, 0.3) is 0 Å². The lowest BCUT2D eigenvalue weighted by Crippen LogP contribution is -2.38. The van der Waals surface area contributed by atoms with Crippen molar-refractivity contribution in [2.24, 2.45) is 4.99 Å². The molecule has 136 valence electrons. The van der Waals surface area contributed by atoms with Gasteiger partial charge in [0.1, 0.15) is 12.6 Å². The third-order valence-corrected chi connectivity index (χ3v) is 3.63. The minimum absolute atomic E-state index is 0.134. The number of aromatic nitrogens is 2. The Morgan fingerprint density at radius 1 is 1.24 bits per heavy atom. The molecule has 1 heterocycles. The molecule has 0 saturated heterocycles. The highest BCUT2D eigenvalue weighted by Crippen LogP contribution is 2.13. The first kappa shape index (κ1) is 18.9. The summed E-state index contributed by atoms with van der Waals surface area (Å²) < 4.78 is 10.7. The van der Waals surface area contributed by atoms with Crippen LogP contribution < -0.4 is 10.6 Å². The van der Waals surface area contributed by atoms with E-state index < -0.39 is 0 Å². The Morgan fingerprint density at radius 2 is 2.00 bits per heavy atom. The summed E-state index contributed by atoms with van der Waals surface area (Å²) in [5.41, 5.74) is 1.19. The average molecular weight is 345 g/mol. The molecule has 2 unspecified atom stereocenters. The van der Waals surface area contributed by atoms with Crippen molar-refractivity contribution in [2.75, 3.05) is 13.2 Å². The normalized spacial score (nSPS) is 14.2. The summed E-state index contributed by atoms with van der Waals surface area (Å²) in [6.07, 6.45) is -0.184. The minimum Gasteiger partial charge on any atom is -0.371 e. The topological polar surface area (TPSA) is 84.6 Å². The number of ether oxygens (including phenoxy) is 1. The van der Waals surface area contributed by atoms with Crippen molar-refractivity contribution >= 4 is 5.96 Å². The molecule has 0 aliphatic heterocycles. The van der Waals surface area contributed by atoms with E-state index in [2.05, 4.69) is 44.8 Å². The van der Waals surface area contributed by atoms with Gasteiger partial charge < -0.3 is 19.9 Å². The number of rotatable bonds is 8. The van der Waals surface area contributed by atoms with Gasteiger partial charge in [-0.15, -0.1) is 0 Å². The van der Waals surface area contributed by atoms with Crippen LogP contribution in [0.15, 0.2) is 39.8 Å². The number of hydrogen-bond donors (Lipinski definition) is 2. The molecule has 2 rings (SSSR count). The van der Waals surface area contributed by atoms with E-state index in [0.717, 1.165) is 6.54 Å². The fraction of sp³-hybridized carbons (Fsp3) is 0.500. The van der Waals surface area contributed by atoms with Crippen LogP contribution in [0.4, 0.5) is 0 Å². The van der Waals surface area contributed by atoms with E-state index in [1.165, 1.54) is 5.56 Å². The number of nitrogens with one attached hydrogen (secondary N) is 2. The third kappa shape index (κ3) is 5.86. The van der Waals surface area contributed by atoms with Gasteiger partial charge in [0, 0.05) is 13.2 Å². The quantitative estimate of drug-likeness (QED) is 0.565. The van der Waals surface area contributed by atoms with Crippen molar-refractivity contribution in [3.63, 3.8) is 0 Å². The summed E-state index contributed by atoms with van der Waals surface area (Å²) in [5, 5.41) is 10.6. The Morgan fingerprint density at radius 3 is 2.68 bits per heavy atom. The Hall–Kier alpha value is -2.41. The van der Waals surface area contributed by atoms with Gasteiger partial charge >= 0.3 is 0 Å². The zero-order chi connectivity index (χ0) is 18.1. The number of guanidine groups is 1. The van der Waals surface area contributed by atoms with Crippen LogP contribution in [0.1, 0.15) is 57.1 Å². The molecule has 7 nitrogen and oxygen atoms in total. The highest BCUT2D eigenvalue weighted by molar-refractivity contribution is 5.80. The van der Waals surface area contributed by atoms with E-state index in [4.69, 9.17) is 9.26 Å². The lowest BCUT2D eigenvalue weighted by atomic mass is 10.1. The summed E-state index contributed by atoms with van der Waals surface area (Å²) >= 11 is 0. The van der Waals surface area contributed by atoms with Crippen LogP contribution in [0.3, 0.4) is 0 Å². The number of benzene rings is 1. The first-order chi connectivity index (χ1) is 12.1. The number of hydrogen-bond acceptors (Lipinski definition) is 5. The van der Waals surface area contributed by atoms with Crippen molar-refractivity contribution in [1.29, 1.82) is 0 Å². The van der Waals surface area contributed by atoms with Crippen LogP contribution in [0, 0.1) is 0 Å². The van der Waals surface area contributed by atoms with E-state index >= 15 is 0 Å². The van der Waals surface area contributed by atoms with Crippen molar-refractivity contribution in [3.8, 4) is 0 Å². The second-order valence-electron chi connectivity index (χ2n) is 5.62. The van der Waals surface area contributed by atoms with Crippen LogP contribution in [-0.2, 0) is 11.3 Å². The first-order valence-electron chi connectivity index (χ1n) is 8.67. The van der Waals surface area contributed by atoms with Gasteiger partial charge in [0.05, 0.1) is 6.04 Å². The van der Waals surface area contributed by atoms with Crippen molar-refractivity contribution in [2.45, 2.75) is 46.4 Å². The zero-order valence-corrected chi connectivity index (χ0v) is 15.3. The van der Waals surface area contributed by atoms with Gasteiger partial charge in [-0.3, -0.25) is 0 Å². The van der Waals surface area contributed by atoms with Gasteiger partial charge in [-0.25, -0.2) is 4.99 Å². The first-order valence-corrected chi connectivity index (χ1v) is 8.67. The third-order valence-electron chi connectivity index (χ3n) is 3.63.